The van der Waals surface area contributed by atoms with Crippen LogP contribution >= 0.6 is 0 Å². The van der Waals surface area contributed by atoms with E-state index >= 15 is 0 Å². The summed E-state index contributed by atoms with van der Waals surface area (Å²) in [6, 6.07) is 0. The number of esters is 2. The number of rotatable bonds is 35. The van der Waals surface area contributed by atoms with E-state index in [1.54, 1.807) is 6.92 Å². The molecule has 0 bridgehead atoms. The van der Waals surface area contributed by atoms with E-state index in [-0.39, 0.29) is 31.0 Å². The van der Waals surface area contributed by atoms with Crippen LogP contribution in [-0.2, 0) is 19.1 Å². The van der Waals surface area contributed by atoms with E-state index in [1.807, 2.05) is 0 Å². The number of carbonyl (C=O) groups is 2. The highest BCUT2D eigenvalue weighted by Crippen LogP contribution is 2.24. The van der Waals surface area contributed by atoms with Gasteiger partial charge in [-0.25, -0.2) is 0 Å². The van der Waals surface area contributed by atoms with Gasteiger partial charge in [0.05, 0.1) is 12.7 Å². The summed E-state index contributed by atoms with van der Waals surface area (Å²) in [5.74, 6) is -0.899. The Labute approximate surface area is 295 Å². The van der Waals surface area contributed by atoms with Crippen LogP contribution in [0, 0.1) is 5.92 Å². The smallest absolute Gasteiger partial charge is 0.306 e. The van der Waals surface area contributed by atoms with Gasteiger partial charge in [-0.2, -0.15) is 0 Å². The van der Waals surface area contributed by atoms with E-state index in [0.29, 0.717) is 25.7 Å². The Hall–Kier alpha value is -1.70. The highest BCUT2D eigenvalue weighted by atomic mass is 16.5. The highest BCUT2D eigenvalue weighted by molar-refractivity contribution is 5.69. The van der Waals surface area contributed by atoms with Gasteiger partial charge in [0, 0.05) is 12.8 Å². The van der Waals surface area contributed by atoms with Gasteiger partial charge in [0.1, 0.15) is 18.8 Å². The molecule has 4 unspecified atom stereocenters. The Morgan fingerprint density at radius 3 is 1.58 bits per heavy atom. The molecular formula is C41H76O7. The summed E-state index contributed by atoms with van der Waals surface area (Å²) < 4.78 is 11.0. The third kappa shape index (κ3) is 31.6. The predicted molar refractivity (Wildman–Crippen MR) is 199 cm³/mol. The molecule has 0 aliphatic carbocycles. The minimum atomic E-state index is -1.10. The second kappa shape index (κ2) is 35.1. The Morgan fingerprint density at radius 2 is 1.08 bits per heavy atom. The van der Waals surface area contributed by atoms with Crippen LogP contribution in [0.4, 0.5) is 0 Å². The molecule has 0 aromatic rings. The van der Waals surface area contributed by atoms with Crippen LogP contribution in [0.3, 0.4) is 0 Å². The Bertz CT molecular complexity index is 779. The van der Waals surface area contributed by atoms with Gasteiger partial charge >= 0.3 is 11.9 Å². The molecule has 0 saturated carbocycles. The Morgan fingerprint density at radius 1 is 0.604 bits per heavy atom. The largest absolute Gasteiger partial charge is 0.463 e. The molecule has 0 rings (SSSR count). The lowest BCUT2D eigenvalue weighted by atomic mass is 9.90. The zero-order chi connectivity index (χ0) is 35.5. The molecule has 0 aliphatic rings. The first kappa shape index (κ1) is 46.3. The van der Waals surface area contributed by atoms with Gasteiger partial charge in [-0.15, -0.1) is 0 Å². The van der Waals surface area contributed by atoms with E-state index < -0.39 is 24.8 Å². The number of carbonyl (C=O) groups excluding carboxylic acids is 2. The number of aliphatic hydroxyl groups is 3. The average Bonchev–Trinajstić information content (AvgIpc) is 3.07. The van der Waals surface area contributed by atoms with Crippen LogP contribution < -0.4 is 0 Å². The van der Waals surface area contributed by atoms with Crippen molar-refractivity contribution in [1.29, 1.82) is 0 Å². The number of unbranched alkanes of at least 4 members (excludes halogenated alkanes) is 17. The molecule has 7 heteroatoms. The monoisotopic (exact) mass is 681 g/mol. The van der Waals surface area contributed by atoms with Crippen LogP contribution in [0.1, 0.15) is 188 Å². The van der Waals surface area contributed by atoms with Gasteiger partial charge in [-0.05, 0) is 83.5 Å². The maximum absolute atomic E-state index is 12.8. The second-order valence-corrected chi connectivity index (χ2v) is 13.8. The van der Waals surface area contributed by atoms with E-state index in [4.69, 9.17) is 14.6 Å². The molecule has 0 fully saturated rings. The van der Waals surface area contributed by atoms with Gasteiger partial charge in [-0.1, -0.05) is 122 Å². The quantitative estimate of drug-likeness (QED) is 0.0347. The van der Waals surface area contributed by atoms with Crippen molar-refractivity contribution < 1.29 is 34.4 Å². The lowest BCUT2D eigenvalue weighted by Crippen LogP contribution is -2.28. The fourth-order valence-electron chi connectivity index (χ4n) is 5.88. The lowest BCUT2D eigenvalue weighted by Gasteiger charge is -2.25. The van der Waals surface area contributed by atoms with Crippen LogP contribution in [0.5, 0.6) is 0 Å². The van der Waals surface area contributed by atoms with Crippen molar-refractivity contribution in [2.24, 2.45) is 5.92 Å². The SMILES string of the molecule is CCCCCCCC/C=C\CCCCCCCC(=O)OC(CC/C=C\CCCCCCCC)CC(CCC(=O)OCC(O)CO)C(C)O. The normalized spacial score (nSPS) is 14.4. The molecule has 0 spiro atoms. The van der Waals surface area contributed by atoms with Gasteiger partial charge in [0.2, 0.25) is 0 Å². The maximum Gasteiger partial charge on any atom is 0.306 e. The molecule has 7 nitrogen and oxygen atoms in total. The molecule has 0 aromatic carbocycles. The van der Waals surface area contributed by atoms with Crippen molar-refractivity contribution in [1.82, 2.24) is 0 Å². The molecule has 0 radical (unpaired) electrons. The van der Waals surface area contributed by atoms with Crippen molar-refractivity contribution in [2.45, 2.75) is 206 Å². The fraction of sp³-hybridized carbons (Fsp3) is 0.854. The van der Waals surface area contributed by atoms with Gasteiger partial charge in [0.25, 0.3) is 0 Å². The zero-order valence-corrected chi connectivity index (χ0v) is 31.4. The number of allylic oxidation sites excluding steroid dienone is 4. The summed E-state index contributed by atoms with van der Waals surface area (Å²) >= 11 is 0. The molecule has 48 heavy (non-hydrogen) atoms. The minimum Gasteiger partial charge on any atom is -0.463 e. The molecule has 4 atom stereocenters. The molecule has 282 valence electrons. The van der Waals surface area contributed by atoms with Crippen LogP contribution in [0.25, 0.3) is 0 Å². The van der Waals surface area contributed by atoms with Crippen LogP contribution in [0.2, 0.25) is 0 Å². The molecule has 0 amide bonds. The fourth-order valence-corrected chi connectivity index (χ4v) is 5.88. The topological polar surface area (TPSA) is 113 Å². The third-order valence-electron chi connectivity index (χ3n) is 9.10. The first-order valence-corrected chi connectivity index (χ1v) is 20.0. The number of hydrogen-bond donors (Lipinski definition) is 3. The van der Waals surface area contributed by atoms with Crippen LogP contribution in [0.15, 0.2) is 24.3 Å². The molecule has 0 aliphatic heterocycles. The second-order valence-electron chi connectivity index (χ2n) is 13.8. The summed E-state index contributed by atoms with van der Waals surface area (Å²) in [5.41, 5.74) is 0. The van der Waals surface area contributed by atoms with Gasteiger partial charge in [-0.3, -0.25) is 9.59 Å². The van der Waals surface area contributed by atoms with Crippen molar-refractivity contribution in [3.8, 4) is 0 Å². The van der Waals surface area contributed by atoms with E-state index in [0.717, 1.165) is 38.5 Å². The summed E-state index contributed by atoms with van der Waals surface area (Å²) in [4.78, 5) is 25.0. The predicted octanol–water partition coefficient (Wildman–Crippen LogP) is 10.1. The first-order chi connectivity index (χ1) is 23.3. The summed E-state index contributed by atoms with van der Waals surface area (Å²) in [5, 5.41) is 28.8. The van der Waals surface area contributed by atoms with Gasteiger partial charge < -0.3 is 24.8 Å². The zero-order valence-electron chi connectivity index (χ0n) is 31.4. The summed E-state index contributed by atoms with van der Waals surface area (Å²) in [7, 11) is 0. The maximum atomic E-state index is 12.8. The highest BCUT2D eigenvalue weighted by Gasteiger charge is 2.24. The van der Waals surface area contributed by atoms with Crippen molar-refractivity contribution in [3.63, 3.8) is 0 Å². The number of aliphatic hydroxyl groups excluding tert-OH is 3. The van der Waals surface area contributed by atoms with Gasteiger partial charge in [0.15, 0.2) is 0 Å². The first-order valence-electron chi connectivity index (χ1n) is 20.0. The average molecular weight is 681 g/mol. The van der Waals surface area contributed by atoms with E-state index in [9.17, 15) is 19.8 Å². The summed E-state index contributed by atoms with van der Waals surface area (Å²) in [6.07, 6.45) is 34.3. The Balaban J connectivity index is 4.58. The molecule has 3 N–H and O–H groups in total. The number of ether oxygens (including phenoxy) is 2. The third-order valence-corrected chi connectivity index (χ3v) is 9.10. The molecule has 0 heterocycles. The molecular weight excluding hydrogens is 604 g/mol. The molecule has 0 saturated heterocycles. The van der Waals surface area contributed by atoms with E-state index in [1.165, 1.54) is 96.3 Å². The van der Waals surface area contributed by atoms with Crippen LogP contribution in [-0.4, -0.2) is 58.8 Å². The summed E-state index contributed by atoms with van der Waals surface area (Å²) in [6.45, 7) is 5.47. The minimum absolute atomic E-state index is 0.0848. The number of hydrogen-bond acceptors (Lipinski definition) is 7. The van der Waals surface area contributed by atoms with E-state index in [2.05, 4.69) is 38.2 Å². The standard InChI is InChI=1S/C41H76O7/c1-4-6-8-10-12-14-16-17-18-19-20-22-24-26-28-30-41(46)48-39(29-27-25-23-21-15-13-11-9-7-5-2)33-37(36(3)43)31-32-40(45)47-35-38(44)34-42/h17-18,23,25,36-39,42-44H,4-16,19-22,24,26-35H2,1-3H3/b18-17-,25-23-. The van der Waals surface area contributed by atoms with Crippen molar-refractivity contribution >= 4 is 11.9 Å². The van der Waals surface area contributed by atoms with Crippen molar-refractivity contribution in [3.05, 3.63) is 24.3 Å². The lowest BCUT2D eigenvalue weighted by molar-refractivity contribution is -0.152. The Kier molecular flexibility index (Phi) is 33.9. The van der Waals surface area contributed by atoms with Crippen molar-refractivity contribution in [2.75, 3.05) is 13.2 Å². The molecule has 0 aromatic heterocycles.